The van der Waals surface area contributed by atoms with Crippen LogP contribution in [-0.4, -0.2) is 13.8 Å². The topological polar surface area (TPSA) is 35.2 Å². The van der Waals surface area contributed by atoms with E-state index < -0.39 is 18.5 Å². The molecule has 5 heteroatoms. The summed E-state index contributed by atoms with van der Waals surface area (Å²) < 4.78 is 30.0. The summed E-state index contributed by atoms with van der Waals surface area (Å²) in [4.78, 5) is 0. The number of benzene rings is 1. The maximum Gasteiger partial charge on any atom is 0.165 e. The molecule has 1 rings (SSSR count). The van der Waals surface area contributed by atoms with Gasteiger partial charge in [0, 0.05) is 5.56 Å². The minimum atomic E-state index is -0.828. The van der Waals surface area contributed by atoms with E-state index >= 15 is 0 Å². The van der Waals surface area contributed by atoms with Crippen molar-refractivity contribution in [3.63, 3.8) is 0 Å². The summed E-state index contributed by atoms with van der Waals surface area (Å²) in [6.07, 6.45) is 0. The molecule has 0 unspecified atom stereocenters. The first kappa shape index (κ1) is 13.1. The third-order valence-corrected chi connectivity index (χ3v) is 1.77. The molecule has 0 radical (unpaired) electrons. The lowest BCUT2D eigenvalue weighted by Gasteiger charge is -2.12. The minimum Gasteiger partial charge on any atom is -0.493 e. The highest BCUT2D eigenvalue weighted by molar-refractivity contribution is 5.85. The average Bonchev–Trinajstić information content (AvgIpc) is 2.16. The average molecular weight is 224 g/mol. The fraction of sp³-hybridized carbons (Fsp3) is 0.333. The third kappa shape index (κ3) is 2.56. The van der Waals surface area contributed by atoms with Gasteiger partial charge in [-0.15, -0.1) is 12.4 Å². The summed E-state index contributed by atoms with van der Waals surface area (Å²) in [7, 11) is 1.33. The molecule has 0 heterocycles. The number of para-hydroxylation sites is 1. The van der Waals surface area contributed by atoms with Crippen molar-refractivity contribution in [3.05, 3.63) is 29.6 Å². The lowest BCUT2D eigenvalue weighted by atomic mass is 10.1. The molecule has 1 atom stereocenters. The highest BCUT2D eigenvalue weighted by atomic mass is 35.5. The van der Waals surface area contributed by atoms with E-state index in [1.807, 2.05) is 0 Å². The van der Waals surface area contributed by atoms with Crippen molar-refractivity contribution in [2.75, 3.05) is 13.8 Å². The molecule has 0 saturated carbocycles. The quantitative estimate of drug-likeness (QED) is 0.853. The van der Waals surface area contributed by atoms with Gasteiger partial charge < -0.3 is 10.5 Å². The monoisotopic (exact) mass is 223 g/mol. The molecule has 14 heavy (non-hydrogen) atoms. The van der Waals surface area contributed by atoms with Crippen molar-refractivity contribution in [3.8, 4) is 5.75 Å². The standard InChI is InChI=1S/C9H11F2NO.ClH/c1-13-9-6(8(12)5-10)3-2-4-7(9)11;/h2-4,8H,5,12H2,1H3;1H/t8-;/m0./s1. The molecular formula is C9H12ClF2NO. The SMILES string of the molecule is COc1c(F)cccc1[C@@H](N)CF.Cl. The molecule has 2 N–H and O–H groups in total. The first-order valence-corrected chi connectivity index (χ1v) is 3.84. The Kier molecular flexibility index (Phi) is 5.42. The molecule has 80 valence electrons. The molecule has 1 aromatic carbocycles. The molecule has 0 aliphatic rings. The highest BCUT2D eigenvalue weighted by Crippen LogP contribution is 2.26. The predicted molar refractivity (Wildman–Crippen MR) is 53.1 cm³/mol. The summed E-state index contributed by atoms with van der Waals surface area (Å²) in [5, 5.41) is 0. The van der Waals surface area contributed by atoms with Gasteiger partial charge in [0.05, 0.1) is 13.2 Å². The molecule has 0 aliphatic heterocycles. The Labute approximate surface area is 87.5 Å². The molecule has 2 nitrogen and oxygen atoms in total. The van der Waals surface area contributed by atoms with Crippen LogP contribution in [0, 0.1) is 5.82 Å². The Morgan fingerprint density at radius 1 is 1.50 bits per heavy atom. The van der Waals surface area contributed by atoms with Crippen LogP contribution in [0.2, 0.25) is 0 Å². The Balaban J connectivity index is 0.00000169. The second-order valence-corrected chi connectivity index (χ2v) is 2.62. The van der Waals surface area contributed by atoms with E-state index in [1.54, 1.807) is 6.07 Å². The second kappa shape index (κ2) is 5.78. The van der Waals surface area contributed by atoms with Crippen molar-refractivity contribution >= 4 is 12.4 Å². The number of hydrogen-bond donors (Lipinski definition) is 1. The van der Waals surface area contributed by atoms with Gasteiger partial charge in [-0.1, -0.05) is 12.1 Å². The summed E-state index contributed by atoms with van der Waals surface area (Å²) in [5.74, 6) is -0.503. The van der Waals surface area contributed by atoms with Crippen molar-refractivity contribution in [2.24, 2.45) is 5.73 Å². The molecule has 0 saturated heterocycles. The fourth-order valence-corrected chi connectivity index (χ4v) is 1.12. The van der Waals surface area contributed by atoms with E-state index in [4.69, 9.17) is 10.5 Å². The van der Waals surface area contributed by atoms with Crippen LogP contribution in [0.4, 0.5) is 8.78 Å². The lowest BCUT2D eigenvalue weighted by molar-refractivity contribution is 0.367. The molecule has 0 aromatic heterocycles. The van der Waals surface area contributed by atoms with Gasteiger partial charge >= 0.3 is 0 Å². The third-order valence-electron chi connectivity index (χ3n) is 1.77. The van der Waals surface area contributed by atoms with Crippen LogP contribution in [0.5, 0.6) is 5.75 Å². The zero-order valence-corrected chi connectivity index (χ0v) is 8.48. The smallest absolute Gasteiger partial charge is 0.165 e. The number of methoxy groups -OCH3 is 1. The van der Waals surface area contributed by atoms with Gasteiger partial charge in [-0.25, -0.2) is 8.78 Å². The van der Waals surface area contributed by atoms with Crippen LogP contribution >= 0.6 is 12.4 Å². The minimum absolute atomic E-state index is 0. The van der Waals surface area contributed by atoms with Crippen LogP contribution in [-0.2, 0) is 0 Å². The van der Waals surface area contributed by atoms with E-state index in [0.29, 0.717) is 5.56 Å². The number of hydrogen-bond acceptors (Lipinski definition) is 2. The summed E-state index contributed by atoms with van der Waals surface area (Å²) in [6.45, 7) is -0.736. The van der Waals surface area contributed by atoms with Crippen LogP contribution < -0.4 is 10.5 Å². The van der Waals surface area contributed by atoms with Gasteiger partial charge in [-0.3, -0.25) is 0 Å². The highest BCUT2D eigenvalue weighted by Gasteiger charge is 2.14. The number of ether oxygens (including phenoxy) is 1. The molecule has 0 fully saturated rings. The maximum absolute atomic E-state index is 13.0. The van der Waals surface area contributed by atoms with E-state index in [0.717, 1.165) is 0 Å². The Morgan fingerprint density at radius 3 is 2.64 bits per heavy atom. The molecule has 1 aromatic rings. The van der Waals surface area contributed by atoms with Gasteiger partial charge in [0.25, 0.3) is 0 Å². The van der Waals surface area contributed by atoms with Crippen molar-refractivity contribution in [1.82, 2.24) is 0 Å². The Hall–Kier alpha value is -0.870. The van der Waals surface area contributed by atoms with Gasteiger partial charge in [0.15, 0.2) is 11.6 Å². The van der Waals surface area contributed by atoms with Crippen LogP contribution in [0.3, 0.4) is 0 Å². The number of nitrogens with two attached hydrogens (primary N) is 1. The van der Waals surface area contributed by atoms with E-state index in [9.17, 15) is 8.78 Å². The van der Waals surface area contributed by atoms with Gasteiger partial charge in [0.2, 0.25) is 0 Å². The van der Waals surface area contributed by atoms with E-state index in [1.165, 1.54) is 19.2 Å². The van der Waals surface area contributed by atoms with Gasteiger partial charge in [0.1, 0.15) is 6.67 Å². The number of rotatable bonds is 3. The first-order chi connectivity index (χ1) is 6.20. The summed E-state index contributed by atoms with van der Waals surface area (Å²) in [6, 6.07) is 3.44. The summed E-state index contributed by atoms with van der Waals surface area (Å²) in [5.41, 5.74) is 5.77. The van der Waals surface area contributed by atoms with Crippen LogP contribution in [0.1, 0.15) is 11.6 Å². The predicted octanol–water partition coefficient (Wildman–Crippen LogP) is 2.23. The van der Waals surface area contributed by atoms with Crippen LogP contribution in [0.25, 0.3) is 0 Å². The summed E-state index contributed by atoms with van der Waals surface area (Å²) >= 11 is 0. The second-order valence-electron chi connectivity index (χ2n) is 2.62. The molecule has 0 spiro atoms. The maximum atomic E-state index is 13.0. The zero-order chi connectivity index (χ0) is 9.84. The molecule has 0 bridgehead atoms. The van der Waals surface area contributed by atoms with Crippen molar-refractivity contribution in [1.29, 1.82) is 0 Å². The van der Waals surface area contributed by atoms with Gasteiger partial charge in [-0.05, 0) is 6.07 Å². The fourth-order valence-electron chi connectivity index (χ4n) is 1.12. The molecule has 0 amide bonds. The van der Waals surface area contributed by atoms with Crippen molar-refractivity contribution in [2.45, 2.75) is 6.04 Å². The largest absolute Gasteiger partial charge is 0.493 e. The van der Waals surface area contributed by atoms with Crippen molar-refractivity contribution < 1.29 is 13.5 Å². The van der Waals surface area contributed by atoms with Crippen LogP contribution in [0.15, 0.2) is 18.2 Å². The van der Waals surface area contributed by atoms with E-state index in [-0.39, 0.29) is 18.2 Å². The van der Waals surface area contributed by atoms with Gasteiger partial charge in [-0.2, -0.15) is 0 Å². The lowest BCUT2D eigenvalue weighted by Crippen LogP contribution is -2.13. The molecular weight excluding hydrogens is 212 g/mol. The molecule has 0 aliphatic carbocycles. The van der Waals surface area contributed by atoms with E-state index in [2.05, 4.69) is 0 Å². The number of halogens is 3. The normalized spacial score (nSPS) is 11.7. The first-order valence-electron chi connectivity index (χ1n) is 3.84. The number of alkyl halides is 1. The Morgan fingerprint density at radius 2 is 2.14 bits per heavy atom. The zero-order valence-electron chi connectivity index (χ0n) is 7.67. The Bertz CT molecular complexity index is 296.